The average Bonchev–Trinajstić information content (AvgIpc) is 2.57. The van der Waals surface area contributed by atoms with Crippen molar-refractivity contribution in [3.8, 4) is 5.75 Å². The molecule has 1 unspecified atom stereocenters. The first-order chi connectivity index (χ1) is 7.99. The molecule has 0 N–H and O–H groups in total. The predicted molar refractivity (Wildman–Crippen MR) is 57.8 cm³/mol. The van der Waals surface area contributed by atoms with E-state index >= 15 is 0 Å². The van der Waals surface area contributed by atoms with Crippen LogP contribution >= 0.6 is 0 Å². The van der Waals surface area contributed by atoms with E-state index in [9.17, 15) is 13.6 Å². The minimum absolute atomic E-state index is 0.0937. The van der Waals surface area contributed by atoms with Crippen molar-refractivity contribution >= 4 is 5.91 Å². The molecule has 0 aliphatic carbocycles. The van der Waals surface area contributed by atoms with Crippen molar-refractivity contribution < 1.29 is 18.3 Å². The smallest absolute Gasteiger partial charge is 0.263 e. The molecule has 2 rings (SSSR count). The van der Waals surface area contributed by atoms with Crippen LogP contribution in [0.5, 0.6) is 5.75 Å². The highest BCUT2D eigenvalue weighted by Gasteiger charge is 2.31. The Hall–Kier alpha value is -1.65. The molecule has 3 nitrogen and oxygen atoms in total. The lowest BCUT2D eigenvalue weighted by Crippen LogP contribution is -2.29. The Labute approximate surface area is 98.0 Å². The van der Waals surface area contributed by atoms with Gasteiger partial charge in [0.2, 0.25) is 0 Å². The molecule has 1 atom stereocenters. The van der Waals surface area contributed by atoms with Gasteiger partial charge in [0.05, 0.1) is 0 Å². The zero-order chi connectivity index (χ0) is 12.6. The number of hydrogen-bond acceptors (Lipinski definition) is 2. The molecule has 0 radical (unpaired) electrons. The van der Waals surface area contributed by atoms with E-state index in [0.29, 0.717) is 13.0 Å². The summed E-state index contributed by atoms with van der Waals surface area (Å²) in [7, 11) is 1.67. The van der Waals surface area contributed by atoms with Crippen molar-refractivity contribution in [2.45, 2.75) is 19.4 Å². The summed E-state index contributed by atoms with van der Waals surface area (Å²) in [6.07, 6.45) is -0.104. The van der Waals surface area contributed by atoms with Crippen molar-refractivity contribution in [2.24, 2.45) is 0 Å². The quantitative estimate of drug-likeness (QED) is 0.791. The minimum Gasteiger partial charge on any atom is -0.480 e. The number of amides is 1. The summed E-state index contributed by atoms with van der Waals surface area (Å²) in [6.45, 7) is 2.09. The molecule has 1 aliphatic rings. The monoisotopic (exact) mass is 241 g/mol. The summed E-state index contributed by atoms with van der Waals surface area (Å²) in [6, 6.07) is 1.90. The molecule has 1 aliphatic heterocycles. The summed E-state index contributed by atoms with van der Waals surface area (Å²) in [5.41, 5.74) is 0.216. The standard InChI is InChI=1S/C12H13F2NO2/c1-7-9(14)5-8(13)6-11(7)17-10-3-4-15(2)12(10)16/h5-6,10H,3-4H2,1-2H3. The Bertz CT molecular complexity index is 462. The lowest BCUT2D eigenvalue weighted by atomic mass is 10.2. The SMILES string of the molecule is Cc1c(F)cc(F)cc1OC1CCN(C)C1=O. The molecule has 1 aromatic carbocycles. The van der Waals surface area contributed by atoms with E-state index in [4.69, 9.17) is 4.74 Å². The van der Waals surface area contributed by atoms with Crippen molar-refractivity contribution in [1.29, 1.82) is 0 Å². The molecule has 17 heavy (non-hydrogen) atoms. The highest BCUT2D eigenvalue weighted by Crippen LogP contribution is 2.25. The highest BCUT2D eigenvalue weighted by atomic mass is 19.1. The van der Waals surface area contributed by atoms with E-state index in [0.717, 1.165) is 12.1 Å². The first-order valence-corrected chi connectivity index (χ1v) is 5.36. The number of hydrogen-bond donors (Lipinski definition) is 0. The minimum atomic E-state index is -0.707. The first kappa shape index (κ1) is 11.8. The number of rotatable bonds is 2. The fraction of sp³-hybridized carbons (Fsp3) is 0.417. The maximum atomic E-state index is 13.3. The molecule has 1 fully saturated rings. The zero-order valence-electron chi connectivity index (χ0n) is 9.67. The van der Waals surface area contributed by atoms with Crippen LogP contribution in [-0.4, -0.2) is 30.5 Å². The van der Waals surface area contributed by atoms with Gasteiger partial charge in [0, 0.05) is 37.7 Å². The third-order valence-electron chi connectivity index (χ3n) is 2.91. The van der Waals surface area contributed by atoms with Crippen LogP contribution < -0.4 is 4.74 Å². The van der Waals surface area contributed by atoms with Crippen LogP contribution in [0.4, 0.5) is 8.78 Å². The largest absolute Gasteiger partial charge is 0.480 e. The normalized spacial score (nSPS) is 19.9. The molecule has 0 spiro atoms. The van der Waals surface area contributed by atoms with E-state index in [1.54, 1.807) is 7.05 Å². The van der Waals surface area contributed by atoms with Gasteiger partial charge in [0.15, 0.2) is 6.10 Å². The van der Waals surface area contributed by atoms with Gasteiger partial charge in [0.25, 0.3) is 5.91 Å². The van der Waals surface area contributed by atoms with Gasteiger partial charge >= 0.3 is 0 Å². The lowest BCUT2D eigenvalue weighted by molar-refractivity contribution is -0.132. The number of nitrogens with zero attached hydrogens (tertiary/aromatic N) is 1. The van der Waals surface area contributed by atoms with E-state index < -0.39 is 17.7 Å². The summed E-state index contributed by atoms with van der Waals surface area (Å²) < 4.78 is 31.7. The summed E-state index contributed by atoms with van der Waals surface area (Å²) >= 11 is 0. The fourth-order valence-corrected chi connectivity index (χ4v) is 1.80. The number of likely N-dealkylation sites (N-methyl/N-ethyl adjacent to an activating group) is 1. The fourth-order valence-electron chi connectivity index (χ4n) is 1.80. The summed E-state index contributed by atoms with van der Waals surface area (Å²) in [5, 5.41) is 0. The van der Waals surface area contributed by atoms with Crippen LogP contribution in [0, 0.1) is 18.6 Å². The van der Waals surface area contributed by atoms with Gasteiger partial charge in [-0.2, -0.15) is 0 Å². The topological polar surface area (TPSA) is 29.5 Å². The van der Waals surface area contributed by atoms with E-state index in [1.165, 1.54) is 11.8 Å². The van der Waals surface area contributed by atoms with E-state index in [2.05, 4.69) is 0 Å². The second kappa shape index (κ2) is 4.31. The van der Waals surface area contributed by atoms with Gasteiger partial charge in [-0.15, -0.1) is 0 Å². The Morgan fingerprint density at radius 1 is 1.41 bits per heavy atom. The van der Waals surface area contributed by atoms with E-state index in [1.807, 2.05) is 0 Å². The number of likely N-dealkylation sites (tertiary alicyclic amines) is 1. The number of carbonyl (C=O) groups is 1. The van der Waals surface area contributed by atoms with Crippen LogP contribution in [0.25, 0.3) is 0 Å². The van der Waals surface area contributed by atoms with Crippen molar-refractivity contribution in [3.63, 3.8) is 0 Å². The van der Waals surface area contributed by atoms with Crippen LogP contribution in [0.2, 0.25) is 0 Å². The number of ether oxygens (including phenoxy) is 1. The summed E-state index contributed by atoms with van der Waals surface area (Å²) in [4.78, 5) is 13.1. The molecular weight excluding hydrogens is 228 g/mol. The zero-order valence-corrected chi connectivity index (χ0v) is 9.67. The molecule has 0 aromatic heterocycles. The second-order valence-corrected chi connectivity index (χ2v) is 4.17. The van der Waals surface area contributed by atoms with E-state index in [-0.39, 0.29) is 17.2 Å². The van der Waals surface area contributed by atoms with Gasteiger partial charge in [0.1, 0.15) is 17.4 Å². The van der Waals surface area contributed by atoms with Gasteiger partial charge in [-0.3, -0.25) is 4.79 Å². The third kappa shape index (κ3) is 2.23. The second-order valence-electron chi connectivity index (χ2n) is 4.17. The van der Waals surface area contributed by atoms with Crippen molar-refractivity contribution in [3.05, 3.63) is 29.3 Å². The number of benzene rings is 1. The molecule has 1 heterocycles. The molecule has 1 saturated heterocycles. The molecule has 1 aromatic rings. The molecule has 0 saturated carbocycles. The Balaban J connectivity index is 2.22. The lowest BCUT2D eigenvalue weighted by Gasteiger charge is -2.15. The Morgan fingerprint density at radius 2 is 2.12 bits per heavy atom. The number of halogens is 2. The van der Waals surface area contributed by atoms with Crippen LogP contribution in [0.3, 0.4) is 0 Å². The first-order valence-electron chi connectivity index (χ1n) is 5.36. The third-order valence-corrected chi connectivity index (χ3v) is 2.91. The van der Waals surface area contributed by atoms with Gasteiger partial charge in [-0.1, -0.05) is 0 Å². The van der Waals surface area contributed by atoms with Gasteiger partial charge in [-0.05, 0) is 6.92 Å². The number of carbonyl (C=O) groups excluding carboxylic acids is 1. The molecule has 0 bridgehead atoms. The molecule has 5 heteroatoms. The summed E-state index contributed by atoms with van der Waals surface area (Å²) in [5.74, 6) is -1.44. The van der Waals surface area contributed by atoms with Crippen LogP contribution in [0.15, 0.2) is 12.1 Å². The van der Waals surface area contributed by atoms with Gasteiger partial charge in [-0.25, -0.2) is 8.78 Å². The maximum Gasteiger partial charge on any atom is 0.263 e. The van der Waals surface area contributed by atoms with Crippen LogP contribution in [0.1, 0.15) is 12.0 Å². The maximum absolute atomic E-state index is 13.3. The Morgan fingerprint density at radius 3 is 2.71 bits per heavy atom. The van der Waals surface area contributed by atoms with Crippen molar-refractivity contribution in [2.75, 3.05) is 13.6 Å². The van der Waals surface area contributed by atoms with Crippen LogP contribution in [-0.2, 0) is 4.79 Å². The highest BCUT2D eigenvalue weighted by molar-refractivity contribution is 5.83. The molecule has 1 amide bonds. The van der Waals surface area contributed by atoms with Gasteiger partial charge < -0.3 is 9.64 Å². The van der Waals surface area contributed by atoms with Crippen molar-refractivity contribution in [1.82, 2.24) is 4.90 Å². The Kier molecular flexibility index (Phi) is 3.00. The average molecular weight is 241 g/mol. The molecular formula is C12H13F2NO2. The molecule has 92 valence electrons. The predicted octanol–water partition coefficient (Wildman–Crippen LogP) is 1.88.